The Labute approximate surface area is 129 Å². The molecule has 2 N–H and O–H groups in total. The lowest BCUT2D eigenvalue weighted by Crippen LogP contribution is -2.28. The van der Waals surface area contributed by atoms with Gasteiger partial charge in [0.25, 0.3) is 0 Å². The van der Waals surface area contributed by atoms with Gasteiger partial charge in [-0.15, -0.1) is 0 Å². The molecule has 1 aliphatic rings. The average molecular weight is 297 g/mol. The SMILES string of the molecule is CC(=O)c1ccc(NC(=O)C2CCc3cn[nH]c3C2)cc1C. The van der Waals surface area contributed by atoms with Gasteiger partial charge in [0.15, 0.2) is 5.78 Å². The van der Waals surface area contributed by atoms with Crippen LogP contribution in [0.25, 0.3) is 0 Å². The standard InChI is InChI=1S/C17H19N3O2/c1-10-7-14(5-6-15(10)11(2)21)19-17(22)12-3-4-13-9-18-20-16(13)8-12/h5-7,9,12H,3-4,8H2,1-2H3,(H,18,20)(H,19,22). The Kier molecular flexibility index (Phi) is 3.79. The Balaban J connectivity index is 1.70. The lowest BCUT2D eigenvalue weighted by atomic mass is 9.87. The van der Waals surface area contributed by atoms with Crippen LogP contribution in [0.1, 0.15) is 40.5 Å². The van der Waals surface area contributed by atoms with Gasteiger partial charge in [0, 0.05) is 29.3 Å². The number of fused-ring (bicyclic) bond motifs is 1. The number of anilines is 1. The van der Waals surface area contributed by atoms with E-state index in [1.54, 1.807) is 19.1 Å². The number of aryl methyl sites for hydroxylation is 2. The van der Waals surface area contributed by atoms with Crippen molar-refractivity contribution in [1.29, 1.82) is 0 Å². The highest BCUT2D eigenvalue weighted by molar-refractivity contribution is 5.97. The molecule has 1 heterocycles. The van der Waals surface area contributed by atoms with Gasteiger partial charge in [-0.05, 0) is 56.0 Å². The van der Waals surface area contributed by atoms with E-state index in [0.717, 1.165) is 29.8 Å². The molecule has 1 unspecified atom stereocenters. The normalized spacial score (nSPS) is 16.9. The average Bonchev–Trinajstić information content (AvgIpc) is 2.94. The molecule has 1 aromatic carbocycles. The van der Waals surface area contributed by atoms with Crippen LogP contribution >= 0.6 is 0 Å². The van der Waals surface area contributed by atoms with Gasteiger partial charge in [0.1, 0.15) is 0 Å². The molecule has 0 spiro atoms. The van der Waals surface area contributed by atoms with Crippen molar-refractivity contribution in [3.05, 3.63) is 46.8 Å². The molecule has 5 nitrogen and oxygen atoms in total. The van der Waals surface area contributed by atoms with Crippen molar-refractivity contribution in [2.24, 2.45) is 5.92 Å². The Hall–Kier alpha value is -2.43. The van der Waals surface area contributed by atoms with E-state index in [1.807, 2.05) is 19.2 Å². The molecular formula is C17H19N3O2. The van der Waals surface area contributed by atoms with Gasteiger partial charge in [-0.25, -0.2) is 0 Å². The number of aromatic nitrogens is 2. The minimum atomic E-state index is -0.0410. The number of aromatic amines is 1. The van der Waals surface area contributed by atoms with Crippen molar-refractivity contribution >= 4 is 17.4 Å². The highest BCUT2D eigenvalue weighted by atomic mass is 16.2. The molecule has 0 saturated carbocycles. The molecule has 0 fully saturated rings. The molecule has 2 aromatic rings. The fraction of sp³-hybridized carbons (Fsp3) is 0.353. The third kappa shape index (κ3) is 2.79. The van der Waals surface area contributed by atoms with Crippen LogP contribution in [0.15, 0.2) is 24.4 Å². The van der Waals surface area contributed by atoms with E-state index in [9.17, 15) is 9.59 Å². The van der Waals surface area contributed by atoms with Crippen molar-refractivity contribution < 1.29 is 9.59 Å². The molecule has 0 aliphatic heterocycles. The summed E-state index contributed by atoms with van der Waals surface area (Å²) in [5.41, 5.74) is 4.59. The Morgan fingerprint density at radius 1 is 1.36 bits per heavy atom. The number of nitrogens with one attached hydrogen (secondary N) is 2. The summed E-state index contributed by atoms with van der Waals surface area (Å²) in [5, 5.41) is 9.96. The summed E-state index contributed by atoms with van der Waals surface area (Å²) in [6.45, 7) is 3.43. The maximum Gasteiger partial charge on any atom is 0.227 e. The number of hydrogen-bond acceptors (Lipinski definition) is 3. The number of ketones is 1. The van der Waals surface area contributed by atoms with E-state index in [1.165, 1.54) is 5.56 Å². The minimum Gasteiger partial charge on any atom is -0.326 e. The van der Waals surface area contributed by atoms with Crippen LogP contribution in [-0.4, -0.2) is 21.9 Å². The van der Waals surface area contributed by atoms with Gasteiger partial charge in [-0.1, -0.05) is 0 Å². The fourth-order valence-corrected chi connectivity index (χ4v) is 3.01. The van der Waals surface area contributed by atoms with E-state index in [4.69, 9.17) is 0 Å². The molecule has 0 bridgehead atoms. The second-order valence-electron chi connectivity index (χ2n) is 5.89. The number of nitrogens with zero attached hydrogens (tertiary/aromatic N) is 1. The van der Waals surface area contributed by atoms with Crippen molar-refractivity contribution in [2.75, 3.05) is 5.32 Å². The first-order valence-corrected chi connectivity index (χ1v) is 7.48. The van der Waals surface area contributed by atoms with Gasteiger partial charge >= 0.3 is 0 Å². The van der Waals surface area contributed by atoms with Crippen LogP contribution in [-0.2, 0) is 17.6 Å². The molecule has 0 saturated heterocycles. The Bertz CT molecular complexity index is 733. The number of hydrogen-bond donors (Lipinski definition) is 2. The topological polar surface area (TPSA) is 74.8 Å². The molecule has 1 aliphatic carbocycles. The summed E-state index contributed by atoms with van der Waals surface area (Å²) in [6, 6.07) is 5.40. The number of Topliss-reactive ketones (excluding diaryl/α,β-unsaturated/α-hetero) is 1. The zero-order valence-corrected chi connectivity index (χ0v) is 12.8. The Morgan fingerprint density at radius 2 is 2.18 bits per heavy atom. The van der Waals surface area contributed by atoms with E-state index >= 15 is 0 Å². The number of carbonyl (C=O) groups excluding carboxylic acids is 2. The van der Waals surface area contributed by atoms with E-state index < -0.39 is 0 Å². The van der Waals surface area contributed by atoms with Crippen molar-refractivity contribution in [1.82, 2.24) is 10.2 Å². The first-order chi connectivity index (χ1) is 10.5. The highest BCUT2D eigenvalue weighted by Gasteiger charge is 2.26. The molecule has 22 heavy (non-hydrogen) atoms. The zero-order chi connectivity index (χ0) is 15.7. The Morgan fingerprint density at radius 3 is 2.91 bits per heavy atom. The summed E-state index contributed by atoms with van der Waals surface area (Å²) in [4.78, 5) is 23.9. The molecule has 1 atom stereocenters. The predicted molar refractivity (Wildman–Crippen MR) is 83.9 cm³/mol. The van der Waals surface area contributed by atoms with E-state index in [0.29, 0.717) is 12.0 Å². The number of benzene rings is 1. The second kappa shape index (κ2) is 5.75. The number of H-pyrrole nitrogens is 1. The summed E-state index contributed by atoms with van der Waals surface area (Å²) in [5.74, 6) is 0.0189. The quantitative estimate of drug-likeness (QED) is 0.855. The third-order valence-corrected chi connectivity index (χ3v) is 4.26. The second-order valence-corrected chi connectivity index (χ2v) is 5.89. The van der Waals surface area contributed by atoms with Crippen LogP contribution in [0.2, 0.25) is 0 Å². The maximum atomic E-state index is 12.4. The van der Waals surface area contributed by atoms with Gasteiger partial charge in [-0.2, -0.15) is 5.10 Å². The summed E-state index contributed by atoms with van der Waals surface area (Å²) in [7, 11) is 0. The first-order valence-electron chi connectivity index (χ1n) is 7.48. The number of rotatable bonds is 3. The van der Waals surface area contributed by atoms with Crippen molar-refractivity contribution in [3.63, 3.8) is 0 Å². The van der Waals surface area contributed by atoms with Gasteiger partial charge in [0.05, 0.1) is 6.20 Å². The summed E-state index contributed by atoms with van der Waals surface area (Å²) >= 11 is 0. The fourth-order valence-electron chi connectivity index (χ4n) is 3.01. The van der Waals surface area contributed by atoms with Gasteiger partial charge in [0.2, 0.25) is 5.91 Å². The van der Waals surface area contributed by atoms with Gasteiger partial charge < -0.3 is 5.32 Å². The lowest BCUT2D eigenvalue weighted by Gasteiger charge is -2.21. The monoisotopic (exact) mass is 297 g/mol. The maximum absolute atomic E-state index is 12.4. The molecule has 0 radical (unpaired) electrons. The molecule has 114 valence electrons. The lowest BCUT2D eigenvalue weighted by molar-refractivity contribution is -0.120. The predicted octanol–water partition coefficient (Wildman–Crippen LogP) is 2.66. The summed E-state index contributed by atoms with van der Waals surface area (Å²) < 4.78 is 0. The summed E-state index contributed by atoms with van der Waals surface area (Å²) in [6.07, 6.45) is 4.26. The van der Waals surface area contributed by atoms with Crippen LogP contribution in [0.4, 0.5) is 5.69 Å². The molecule has 5 heteroatoms. The van der Waals surface area contributed by atoms with Gasteiger partial charge in [-0.3, -0.25) is 14.7 Å². The van der Waals surface area contributed by atoms with Crippen molar-refractivity contribution in [2.45, 2.75) is 33.1 Å². The molecule has 1 aromatic heterocycles. The van der Waals surface area contributed by atoms with Crippen molar-refractivity contribution in [3.8, 4) is 0 Å². The smallest absolute Gasteiger partial charge is 0.227 e. The number of amides is 1. The highest BCUT2D eigenvalue weighted by Crippen LogP contribution is 2.25. The van der Waals surface area contributed by atoms with Crippen LogP contribution in [0.3, 0.4) is 0 Å². The zero-order valence-electron chi connectivity index (χ0n) is 12.8. The molecule has 3 rings (SSSR count). The molecular weight excluding hydrogens is 278 g/mol. The van der Waals surface area contributed by atoms with Crippen LogP contribution < -0.4 is 5.32 Å². The van der Waals surface area contributed by atoms with E-state index in [-0.39, 0.29) is 17.6 Å². The minimum absolute atomic E-state index is 0.0234. The van der Waals surface area contributed by atoms with Crippen LogP contribution in [0.5, 0.6) is 0 Å². The molecule has 1 amide bonds. The third-order valence-electron chi connectivity index (χ3n) is 4.26. The largest absolute Gasteiger partial charge is 0.326 e. The van der Waals surface area contributed by atoms with Crippen LogP contribution in [0, 0.1) is 12.8 Å². The van der Waals surface area contributed by atoms with E-state index in [2.05, 4.69) is 15.5 Å². The number of carbonyl (C=O) groups is 2. The first kappa shape index (κ1) is 14.5.